The van der Waals surface area contributed by atoms with Gasteiger partial charge in [-0.15, -0.1) is 11.3 Å². The first-order valence-corrected chi connectivity index (χ1v) is 10.7. The van der Waals surface area contributed by atoms with E-state index in [1.807, 2.05) is 53.8 Å². The molecule has 150 valence electrons. The molecule has 0 unspecified atom stereocenters. The number of carbonyl (C=O) groups is 1. The summed E-state index contributed by atoms with van der Waals surface area (Å²) in [4.78, 5) is 30.5. The Morgan fingerprint density at radius 3 is 2.86 bits per heavy atom. The Labute approximate surface area is 173 Å². The number of piperidine rings is 1. The zero-order valence-electron chi connectivity index (χ0n) is 16.6. The molecule has 0 radical (unpaired) electrons. The Bertz CT molecular complexity index is 1070. The van der Waals surface area contributed by atoms with E-state index in [2.05, 4.69) is 9.97 Å². The van der Waals surface area contributed by atoms with Crippen LogP contribution in [0.1, 0.15) is 34.5 Å². The number of carbonyl (C=O) groups excluding carboxylic acids is 1. The Morgan fingerprint density at radius 1 is 1.24 bits per heavy atom. The quantitative estimate of drug-likeness (QED) is 0.648. The van der Waals surface area contributed by atoms with Crippen molar-refractivity contribution >= 4 is 33.4 Å². The highest BCUT2D eigenvalue weighted by Gasteiger charge is 2.43. The monoisotopic (exact) mass is 409 g/mol. The number of thiazole rings is 1. The average Bonchev–Trinajstić information content (AvgIpc) is 3.22. The number of nitrogens with zero attached hydrogens (tertiary/aromatic N) is 5. The van der Waals surface area contributed by atoms with Gasteiger partial charge in [-0.1, -0.05) is 0 Å². The van der Waals surface area contributed by atoms with Gasteiger partial charge >= 0.3 is 0 Å². The van der Waals surface area contributed by atoms with E-state index in [-0.39, 0.29) is 5.91 Å². The van der Waals surface area contributed by atoms with E-state index in [1.165, 1.54) is 0 Å². The van der Waals surface area contributed by atoms with Crippen molar-refractivity contribution in [1.82, 2.24) is 19.9 Å². The van der Waals surface area contributed by atoms with Crippen molar-refractivity contribution in [2.45, 2.75) is 24.9 Å². The van der Waals surface area contributed by atoms with Crippen molar-refractivity contribution in [2.24, 2.45) is 0 Å². The van der Waals surface area contributed by atoms with E-state index < -0.39 is 5.60 Å². The molecule has 0 bridgehead atoms. The third-order valence-corrected chi connectivity index (χ3v) is 6.66. The molecular weight excluding hydrogens is 386 g/mol. The maximum Gasteiger partial charge on any atom is 0.253 e. The molecule has 1 fully saturated rings. The molecule has 5 rings (SSSR count). The fourth-order valence-corrected chi connectivity index (χ4v) is 4.95. The second-order valence-electron chi connectivity index (χ2n) is 7.86. The first-order valence-electron chi connectivity index (χ1n) is 9.86. The lowest BCUT2D eigenvalue weighted by molar-refractivity contribution is -0.0967. The largest absolute Gasteiger partial charge is 0.368 e. The van der Waals surface area contributed by atoms with Crippen LogP contribution < -0.4 is 4.90 Å². The summed E-state index contributed by atoms with van der Waals surface area (Å²) in [5.74, 6) is 0.771. The van der Waals surface area contributed by atoms with Crippen LogP contribution in [-0.2, 0) is 16.8 Å². The minimum Gasteiger partial charge on any atom is -0.368 e. The van der Waals surface area contributed by atoms with Gasteiger partial charge in [-0.3, -0.25) is 4.79 Å². The molecule has 1 saturated heterocycles. The van der Waals surface area contributed by atoms with Crippen LogP contribution in [0, 0.1) is 0 Å². The van der Waals surface area contributed by atoms with Gasteiger partial charge in [0.05, 0.1) is 28.0 Å². The molecule has 0 N–H and O–H groups in total. The van der Waals surface area contributed by atoms with Crippen molar-refractivity contribution in [3.05, 3.63) is 46.7 Å². The lowest BCUT2D eigenvalue weighted by Gasteiger charge is -2.44. The minimum absolute atomic E-state index is 0.0721. The Morgan fingerprint density at radius 2 is 2.07 bits per heavy atom. The van der Waals surface area contributed by atoms with E-state index in [9.17, 15) is 4.79 Å². The Kier molecular flexibility index (Phi) is 4.48. The highest BCUT2D eigenvalue weighted by molar-refractivity contribution is 7.16. The second kappa shape index (κ2) is 7.03. The van der Waals surface area contributed by atoms with Crippen molar-refractivity contribution in [3.8, 4) is 0 Å². The molecule has 29 heavy (non-hydrogen) atoms. The lowest BCUT2D eigenvalue weighted by Crippen LogP contribution is -2.49. The second-order valence-corrected chi connectivity index (χ2v) is 8.74. The van der Waals surface area contributed by atoms with Crippen LogP contribution in [0.4, 0.5) is 5.95 Å². The molecule has 0 atom stereocenters. The van der Waals surface area contributed by atoms with Crippen molar-refractivity contribution in [1.29, 1.82) is 0 Å². The molecule has 0 aliphatic carbocycles. The van der Waals surface area contributed by atoms with Crippen LogP contribution >= 0.6 is 11.3 Å². The lowest BCUT2D eigenvalue weighted by atomic mass is 9.83. The van der Waals surface area contributed by atoms with Crippen LogP contribution in [0.25, 0.3) is 10.2 Å². The Balaban J connectivity index is 1.37. The molecule has 4 heterocycles. The van der Waals surface area contributed by atoms with E-state index in [0.717, 1.165) is 46.3 Å². The number of amides is 1. The summed E-state index contributed by atoms with van der Waals surface area (Å²) in [5.41, 5.74) is 5.22. The standard InChI is InChI=1S/C21H23N5O2S/c1-25(2)20-22-12-15-5-10-28-21(18(15)24-20)6-8-26(9-7-21)19(27)14-3-4-16-17(11-14)29-13-23-16/h3-4,11-13H,5-10H2,1-2H3. The number of hydrogen-bond donors (Lipinski definition) is 0. The summed E-state index contributed by atoms with van der Waals surface area (Å²) in [6, 6.07) is 5.74. The molecule has 2 aliphatic heterocycles. The third-order valence-electron chi connectivity index (χ3n) is 5.87. The van der Waals surface area contributed by atoms with Gasteiger partial charge in [0.15, 0.2) is 0 Å². The first-order chi connectivity index (χ1) is 14.1. The van der Waals surface area contributed by atoms with Crippen LogP contribution in [0.2, 0.25) is 0 Å². The first kappa shape index (κ1) is 18.4. The van der Waals surface area contributed by atoms with Gasteiger partial charge in [-0.25, -0.2) is 15.0 Å². The Hall–Kier alpha value is -2.58. The number of hydrogen-bond acceptors (Lipinski definition) is 7. The maximum atomic E-state index is 13.1. The molecule has 2 aromatic heterocycles. The highest BCUT2D eigenvalue weighted by atomic mass is 32.1. The molecule has 1 amide bonds. The van der Waals surface area contributed by atoms with E-state index in [1.54, 1.807) is 11.3 Å². The molecule has 2 aliphatic rings. The van der Waals surface area contributed by atoms with E-state index in [0.29, 0.717) is 25.6 Å². The maximum absolute atomic E-state index is 13.1. The van der Waals surface area contributed by atoms with Gasteiger partial charge < -0.3 is 14.5 Å². The summed E-state index contributed by atoms with van der Waals surface area (Å²) in [6.45, 7) is 1.98. The molecular formula is C21H23N5O2S. The van der Waals surface area contributed by atoms with Gasteiger partial charge in [0.2, 0.25) is 5.95 Å². The smallest absolute Gasteiger partial charge is 0.253 e. The molecule has 3 aromatic rings. The number of rotatable bonds is 2. The van der Waals surface area contributed by atoms with Crippen molar-refractivity contribution < 1.29 is 9.53 Å². The van der Waals surface area contributed by atoms with Crippen molar-refractivity contribution in [2.75, 3.05) is 38.7 Å². The SMILES string of the molecule is CN(C)c1ncc2c(n1)C1(CCN(C(=O)c3ccc4ncsc4c3)CC1)OCC2. The highest BCUT2D eigenvalue weighted by Crippen LogP contribution is 2.41. The summed E-state index contributed by atoms with van der Waals surface area (Å²) in [6.07, 6.45) is 4.27. The third kappa shape index (κ3) is 3.16. The number of fused-ring (bicyclic) bond motifs is 3. The topological polar surface area (TPSA) is 71.5 Å². The van der Waals surface area contributed by atoms with Gasteiger partial charge in [-0.2, -0.15) is 0 Å². The van der Waals surface area contributed by atoms with Gasteiger partial charge in [0, 0.05) is 38.9 Å². The van der Waals surface area contributed by atoms with Crippen LogP contribution in [-0.4, -0.2) is 59.6 Å². The van der Waals surface area contributed by atoms with Crippen LogP contribution in [0.3, 0.4) is 0 Å². The molecule has 8 heteroatoms. The summed E-state index contributed by atoms with van der Waals surface area (Å²) >= 11 is 1.56. The predicted octanol–water partition coefficient (Wildman–Crippen LogP) is 2.86. The molecule has 7 nitrogen and oxygen atoms in total. The number of anilines is 1. The number of aromatic nitrogens is 3. The number of likely N-dealkylation sites (tertiary alicyclic amines) is 1. The van der Waals surface area contributed by atoms with Crippen LogP contribution in [0.5, 0.6) is 0 Å². The van der Waals surface area contributed by atoms with Crippen molar-refractivity contribution in [3.63, 3.8) is 0 Å². The van der Waals surface area contributed by atoms with Gasteiger partial charge in [0.1, 0.15) is 5.60 Å². The molecule has 1 spiro atoms. The van der Waals surface area contributed by atoms with Crippen LogP contribution in [0.15, 0.2) is 29.9 Å². The average molecular weight is 410 g/mol. The summed E-state index contributed by atoms with van der Waals surface area (Å²) < 4.78 is 7.34. The zero-order chi connectivity index (χ0) is 20.0. The minimum atomic E-state index is -0.417. The zero-order valence-corrected chi connectivity index (χ0v) is 17.4. The summed E-state index contributed by atoms with van der Waals surface area (Å²) in [5, 5.41) is 0. The molecule has 0 saturated carbocycles. The fraction of sp³-hybridized carbons (Fsp3) is 0.429. The number of benzene rings is 1. The fourth-order valence-electron chi connectivity index (χ4n) is 4.24. The van der Waals surface area contributed by atoms with Gasteiger partial charge in [-0.05, 0) is 43.0 Å². The predicted molar refractivity (Wildman–Crippen MR) is 112 cm³/mol. The van der Waals surface area contributed by atoms with Gasteiger partial charge in [0.25, 0.3) is 5.91 Å². The summed E-state index contributed by atoms with van der Waals surface area (Å²) in [7, 11) is 3.89. The van der Waals surface area contributed by atoms with E-state index in [4.69, 9.17) is 9.72 Å². The normalized spacial score (nSPS) is 18.1. The van der Waals surface area contributed by atoms with E-state index >= 15 is 0 Å². The number of ether oxygens (including phenoxy) is 1. The molecule has 1 aromatic carbocycles.